The predicted octanol–water partition coefficient (Wildman–Crippen LogP) is 2.42. The van der Waals surface area contributed by atoms with Gasteiger partial charge >= 0.3 is 5.97 Å². The smallest absolute Gasteiger partial charge is 0.313 e. The van der Waals surface area contributed by atoms with E-state index in [4.69, 9.17) is 5.11 Å². The summed E-state index contributed by atoms with van der Waals surface area (Å²) in [6.07, 6.45) is 7.92. The molecule has 3 rings (SSSR count). The number of carbonyl (C=O) groups is 1. The van der Waals surface area contributed by atoms with Crippen LogP contribution in [0.4, 0.5) is 0 Å². The van der Waals surface area contributed by atoms with Crippen molar-refractivity contribution in [2.24, 2.45) is 0 Å². The maximum absolute atomic E-state index is 10.8. The zero-order valence-corrected chi connectivity index (χ0v) is 13.3. The van der Waals surface area contributed by atoms with Gasteiger partial charge < -0.3 is 9.67 Å². The van der Waals surface area contributed by atoms with Gasteiger partial charge in [-0.05, 0) is 32.2 Å². The van der Waals surface area contributed by atoms with E-state index in [-0.39, 0.29) is 5.75 Å². The fraction of sp³-hybridized carbons (Fsp3) is 0.733. The number of rotatable bonds is 5. The maximum Gasteiger partial charge on any atom is 0.313 e. The molecule has 1 aromatic rings. The molecule has 21 heavy (non-hydrogen) atoms. The van der Waals surface area contributed by atoms with E-state index >= 15 is 0 Å². The van der Waals surface area contributed by atoms with Crippen LogP contribution in [0.15, 0.2) is 11.4 Å². The summed E-state index contributed by atoms with van der Waals surface area (Å²) < 4.78 is 2.34. The van der Waals surface area contributed by atoms with E-state index in [0.717, 1.165) is 18.0 Å². The number of carboxylic acid groups (broad SMARTS) is 1. The molecular weight excluding hydrogens is 286 g/mol. The Labute approximate surface area is 129 Å². The van der Waals surface area contributed by atoms with E-state index in [2.05, 4.69) is 21.4 Å². The van der Waals surface area contributed by atoms with Crippen molar-refractivity contribution in [3.63, 3.8) is 0 Å². The first-order valence-corrected chi connectivity index (χ1v) is 8.84. The highest BCUT2D eigenvalue weighted by atomic mass is 32.2. The van der Waals surface area contributed by atoms with Gasteiger partial charge in [-0.3, -0.25) is 9.69 Å². The quantitative estimate of drug-likeness (QED) is 0.847. The topological polar surface area (TPSA) is 58.4 Å². The van der Waals surface area contributed by atoms with Crippen molar-refractivity contribution < 1.29 is 9.90 Å². The van der Waals surface area contributed by atoms with E-state index in [1.807, 2.05) is 6.20 Å². The zero-order valence-electron chi connectivity index (χ0n) is 12.5. The monoisotopic (exact) mass is 309 g/mol. The van der Waals surface area contributed by atoms with Crippen LogP contribution in [-0.4, -0.2) is 50.4 Å². The van der Waals surface area contributed by atoms with Crippen LogP contribution in [-0.2, 0) is 11.2 Å². The molecule has 2 unspecified atom stereocenters. The van der Waals surface area contributed by atoms with Crippen molar-refractivity contribution in [3.05, 3.63) is 11.9 Å². The molecule has 2 fully saturated rings. The molecule has 1 N–H and O–H groups in total. The summed E-state index contributed by atoms with van der Waals surface area (Å²) in [5, 5.41) is 9.80. The van der Waals surface area contributed by atoms with Gasteiger partial charge in [0.05, 0.1) is 11.8 Å². The van der Waals surface area contributed by atoms with Crippen molar-refractivity contribution in [2.45, 2.75) is 56.3 Å². The highest BCUT2D eigenvalue weighted by Gasteiger charge is 2.38. The molecule has 0 saturated carbocycles. The van der Waals surface area contributed by atoms with E-state index in [1.165, 1.54) is 49.8 Å². The number of aliphatic carboxylic acids is 1. The third-order valence-corrected chi connectivity index (χ3v) is 5.63. The second-order valence-corrected chi connectivity index (χ2v) is 6.84. The molecular formula is C15H23N3O2S. The summed E-state index contributed by atoms with van der Waals surface area (Å²) in [5.74, 6) is -0.695. The second kappa shape index (κ2) is 6.40. The molecule has 6 heteroatoms. The van der Waals surface area contributed by atoms with Crippen molar-refractivity contribution in [2.75, 3.05) is 18.8 Å². The highest BCUT2D eigenvalue weighted by molar-refractivity contribution is 7.99. The molecule has 1 aromatic heterocycles. The minimum absolute atomic E-state index is 0.0846. The van der Waals surface area contributed by atoms with E-state index in [0.29, 0.717) is 12.1 Å². The number of imidazole rings is 1. The fourth-order valence-corrected chi connectivity index (χ4v) is 4.52. The molecule has 0 aliphatic carbocycles. The van der Waals surface area contributed by atoms with Crippen LogP contribution in [0.5, 0.6) is 0 Å². The van der Waals surface area contributed by atoms with Crippen LogP contribution in [0.3, 0.4) is 0 Å². The largest absolute Gasteiger partial charge is 0.481 e. The Morgan fingerprint density at radius 1 is 1.38 bits per heavy atom. The maximum atomic E-state index is 10.8. The van der Waals surface area contributed by atoms with Gasteiger partial charge in [-0.1, -0.05) is 25.1 Å². The predicted molar refractivity (Wildman–Crippen MR) is 82.8 cm³/mol. The van der Waals surface area contributed by atoms with Gasteiger partial charge in [0.1, 0.15) is 0 Å². The Morgan fingerprint density at radius 2 is 2.24 bits per heavy atom. The Hall–Kier alpha value is -1.01. The lowest BCUT2D eigenvalue weighted by atomic mass is 9.98. The Morgan fingerprint density at radius 3 is 3.00 bits per heavy atom. The van der Waals surface area contributed by atoms with Crippen molar-refractivity contribution >= 4 is 17.7 Å². The summed E-state index contributed by atoms with van der Waals surface area (Å²) in [6, 6.07) is 1.08. The van der Waals surface area contributed by atoms with Crippen LogP contribution in [0.1, 0.15) is 44.3 Å². The first-order valence-electron chi connectivity index (χ1n) is 7.85. The van der Waals surface area contributed by atoms with Crippen LogP contribution in [0, 0.1) is 0 Å². The van der Waals surface area contributed by atoms with Gasteiger partial charge in [0.15, 0.2) is 5.16 Å². The molecule has 0 radical (unpaired) electrons. The number of nitrogens with zero attached hydrogens (tertiary/aromatic N) is 3. The molecule has 0 amide bonds. The lowest BCUT2D eigenvalue weighted by Crippen LogP contribution is -2.38. The number of fused-ring (bicyclic) bond motifs is 1. The van der Waals surface area contributed by atoms with Gasteiger partial charge in [-0.25, -0.2) is 4.98 Å². The van der Waals surface area contributed by atoms with Crippen LogP contribution in [0.2, 0.25) is 0 Å². The van der Waals surface area contributed by atoms with Crippen molar-refractivity contribution in [1.29, 1.82) is 0 Å². The number of thioether (sulfide) groups is 1. The first-order chi connectivity index (χ1) is 10.2. The van der Waals surface area contributed by atoms with Gasteiger partial charge in [0.25, 0.3) is 0 Å². The van der Waals surface area contributed by atoms with E-state index < -0.39 is 5.97 Å². The first kappa shape index (κ1) is 14.9. The summed E-state index contributed by atoms with van der Waals surface area (Å²) in [7, 11) is 0. The van der Waals surface area contributed by atoms with Gasteiger partial charge in [-0.2, -0.15) is 0 Å². The van der Waals surface area contributed by atoms with Gasteiger partial charge in [-0.15, -0.1) is 0 Å². The lowest BCUT2D eigenvalue weighted by molar-refractivity contribution is -0.133. The number of piperidine rings is 1. The fourth-order valence-electron chi connectivity index (χ4n) is 3.75. The number of hydrogen-bond acceptors (Lipinski definition) is 4. The third kappa shape index (κ3) is 2.97. The summed E-state index contributed by atoms with van der Waals surface area (Å²) in [4.78, 5) is 17.9. The summed E-state index contributed by atoms with van der Waals surface area (Å²) in [5.41, 5.74) is 1.24. The van der Waals surface area contributed by atoms with Gasteiger partial charge in [0, 0.05) is 24.5 Å². The highest BCUT2D eigenvalue weighted by Crippen LogP contribution is 2.38. The molecule has 2 aliphatic heterocycles. The molecule has 116 valence electrons. The Kier molecular flexibility index (Phi) is 4.54. The van der Waals surface area contributed by atoms with Crippen LogP contribution in [0.25, 0.3) is 0 Å². The van der Waals surface area contributed by atoms with Crippen LogP contribution < -0.4 is 0 Å². The zero-order chi connectivity index (χ0) is 14.8. The molecule has 0 spiro atoms. The molecule has 0 aromatic carbocycles. The van der Waals surface area contributed by atoms with Crippen LogP contribution >= 0.6 is 11.8 Å². The van der Waals surface area contributed by atoms with Crippen molar-refractivity contribution in [1.82, 2.24) is 14.5 Å². The molecule has 0 bridgehead atoms. The minimum Gasteiger partial charge on any atom is -0.481 e. The lowest BCUT2D eigenvalue weighted by Gasteiger charge is -2.33. The third-order valence-electron chi connectivity index (χ3n) is 4.68. The molecule has 2 aliphatic rings. The summed E-state index contributed by atoms with van der Waals surface area (Å²) >= 11 is 1.35. The number of aromatic nitrogens is 2. The average Bonchev–Trinajstić information content (AvgIpc) is 3.08. The molecule has 2 atom stereocenters. The van der Waals surface area contributed by atoms with E-state index in [9.17, 15) is 4.79 Å². The Balaban J connectivity index is 1.85. The molecule has 2 saturated heterocycles. The van der Waals surface area contributed by atoms with E-state index in [1.54, 1.807) is 0 Å². The average molecular weight is 309 g/mol. The normalized spacial score (nSPS) is 26.0. The number of carboxylic acids is 1. The van der Waals surface area contributed by atoms with Crippen molar-refractivity contribution in [3.8, 4) is 0 Å². The number of aryl methyl sites for hydroxylation is 1. The minimum atomic E-state index is -0.779. The second-order valence-electron chi connectivity index (χ2n) is 5.89. The SMILES string of the molecule is CCc1cnc(SCC(=O)O)n1C1CCN2CCCCC12. The Bertz CT molecular complexity index is 517. The molecule has 3 heterocycles. The number of hydrogen-bond donors (Lipinski definition) is 1. The summed E-state index contributed by atoms with van der Waals surface area (Å²) in [6.45, 7) is 4.53. The van der Waals surface area contributed by atoms with Gasteiger partial charge in [0.2, 0.25) is 0 Å². The molecule has 5 nitrogen and oxygen atoms in total. The standard InChI is InChI=1S/C15H23N3O2S/c1-2-11-9-16-15(21-10-14(19)20)18(11)13-6-8-17-7-4-3-5-12(13)17/h9,12-13H,2-8,10H2,1H3,(H,19,20).